The van der Waals surface area contributed by atoms with Crippen LogP contribution >= 0.6 is 0 Å². The van der Waals surface area contributed by atoms with Crippen LogP contribution in [0.2, 0.25) is 0 Å². The smallest absolute Gasteiger partial charge is 0.244 e. The number of amides is 2. The molecule has 33 heavy (non-hydrogen) atoms. The summed E-state index contributed by atoms with van der Waals surface area (Å²) in [6.45, 7) is 9.03. The van der Waals surface area contributed by atoms with Gasteiger partial charge in [-0.3, -0.25) is 13.9 Å². The van der Waals surface area contributed by atoms with E-state index in [1.807, 2.05) is 70.2 Å². The highest BCUT2D eigenvalue weighted by Crippen LogP contribution is 2.24. The van der Waals surface area contributed by atoms with Crippen molar-refractivity contribution in [3.8, 4) is 0 Å². The van der Waals surface area contributed by atoms with Gasteiger partial charge in [0, 0.05) is 12.6 Å². The van der Waals surface area contributed by atoms with Crippen molar-refractivity contribution in [2.24, 2.45) is 0 Å². The van der Waals surface area contributed by atoms with Crippen LogP contribution in [0.4, 0.5) is 5.69 Å². The number of aryl methyl sites for hydroxylation is 2. The number of rotatable bonds is 10. The summed E-state index contributed by atoms with van der Waals surface area (Å²) in [7, 11) is -3.73. The fraction of sp³-hybridized carbons (Fsp3) is 0.440. The van der Waals surface area contributed by atoms with Gasteiger partial charge >= 0.3 is 0 Å². The molecule has 0 radical (unpaired) electrons. The van der Waals surface area contributed by atoms with Gasteiger partial charge in [0.25, 0.3) is 0 Å². The standard InChI is InChI=1S/C25H35N3O4S/c1-18(2)26-25(30)21(5)27(15-14-22-10-8-7-9-11-22)24(29)17-28(33(6,31)32)23-13-12-19(3)16-20(23)4/h7-13,16,18,21H,14-15,17H2,1-6H3,(H,26,30)/t21-/m1/s1. The van der Waals surface area contributed by atoms with E-state index in [1.165, 1.54) is 4.90 Å². The third-order valence-corrected chi connectivity index (χ3v) is 6.51. The molecule has 1 N–H and O–H groups in total. The first kappa shape index (κ1) is 26.4. The van der Waals surface area contributed by atoms with Crippen LogP contribution in [-0.2, 0) is 26.0 Å². The second-order valence-electron chi connectivity index (χ2n) is 8.72. The Morgan fingerprint density at radius 2 is 1.64 bits per heavy atom. The highest BCUT2D eigenvalue weighted by Gasteiger charge is 2.30. The zero-order valence-corrected chi connectivity index (χ0v) is 21.1. The normalized spacial score (nSPS) is 12.3. The van der Waals surface area contributed by atoms with E-state index in [-0.39, 0.29) is 18.5 Å². The minimum absolute atomic E-state index is 0.0752. The minimum atomic E-state index is -3.73. The Balaban J connectivity index is 2.34. The first-order chi connectivity index (χ1) is 15.4. The van der Waals surface area contributed by atoms with Crippen LogP contribution in [0.15, 0.2) is 48.5 Å². The van der Waals surface area contributed by atoms with Crippen molar-refractivity contribution < 1.29 is 18.0 Å². The van der Waals surface area contributed by atoms with Crippen molar-refractivity contribution in [1.29, 1.82) is 0 Å². The van der Waals surface area contributed by atoms with Crippen molar-refractivity contribution in [1.82, 2.24) is 10.2 Å². The number of carbonyl (C=O) groups is 2. The molecule has 2 aromatic rings. The zero-order chi connectivity index (χ0) is 24.8. The van der Waals surface area contributed by atoms with Crippen LogP contribution in [0, 0.1) is 13.8 Å². The van der Waals surface area contributed by atoms with Crippen molar-refractivity contribution in [2.75, 3.05) is 23.7 Å². The summed E-state index contributed by atoms with van der Waals surface area (Å²) >= 11 is 0. The molecule has 180 valence electrons. The number of benzene rings is 2. The predicted molar refractivity (Wildman–Crippen MR) is 133 cm³/mol. The van der Waals surface area contributed by atoms with Crippen LogP contribution in [0.25, 0.3) is 0 Å². The van der Waals surface area contributed by atoms with Gasteiger partial charge in [-0.05, 0) is 58.2 Å². The Morgan fingerprint density at radius 1 is 1.00 bits per heavy atom. The monoisotopic (exact) mass is 473 g/mol. The second-order valence-corrected chi connectivity index (χ2v) is 10.6. The summed E-state index contributed by atoms with van der Waals surface area (Å²) in [5, 5.41) is 2.84. The van der Waals surface area contributed by atoms with Gasteiger partial charge in [-0.1, -0.05) is 48.0 Å². The largest absolute Gasteiger partial charge is 0.352 e. The van der Waals surface area contributed by atoms with Gasteiger partial charge in [-0.2, -0.15) is 0 Å². The number of hydrogen-bond acceptors (Lipinski definition) is 4. The number of sulfonamides is 1. The van der Waals surface area contributed by atoms with Gasteiger partial charge in [-0.25, -0.2) is 8.42 Å². The molecule has 2 aromatic carbocycles. The maximum absolute atomic E-state index is 13.4. The van der Waals surface area contributed by atoms with Crippen LogP contribution in [0.5, 0.6) is 0 Å². The average molecular weight is 474 g/mol. The van der Waals surface area contributed by atoms with Gasteiger partial charge in [-0.15, -0.1) is 0 Å². The molecule has 0 aromatic heterocycles. The summed E-state index contributed by atoms with van der Waals surface area (Å²) in [6, 6.07) is 14.3. The second kappa shape index (κ2) is 11.3. The topological polar surface area (TPSA) is 86.8 Å². The zero-order valence-electron chi connectivity index (χ0n) is 20.3. The molecule has 0 fully saturated rings. The van der Waals surface area contributed by atoms with E-state index < -0.39 is 22.0 Å². The number of anilines is 1. The fourth-order valence-electron chi connectivity index (χ4n) is 3.66. The molecule has 0 aliphatic rings. The molecule has 0 bridgehead atoms. The Hall–Kier alpha value is -2.87. The van der Waals surface area contributed by atoms with E-state index in [2.05, 4.69) is 5.32 Å². The lowest BCUT2D eigenvalue weighted by Gasteiger charge is -2.32. The van der Waals surface area contributed by atoms with Crippen molar-refractivity contribution in [3.63, 3.8) is 0 Å². The van der Waals surface area contributed by atoms with E-state index in [9.17, 15) is 18.0 Å². The number of nitrogens with one attached hydrogen (secondary N) is 1. The van der Waals surface area contributed by atoms with Gasteiger partial charge in [0.2, 0.25) is 21.8 Å². The molecule has 2 amide bonds. The van der Waals surface area contributed by atoms with Gasteiger partial charge in [0.1, 0.15) is 12.6 Å². The first-order valence-corrected chi connectivity index (χ1v) is 12.9. The van der Waals surface area contributed by atoms with Crippen LogP contribution in [0.1, 0.15) is 37.5 Å². The molecule has 0 saturated carbocycles. The van der Waals surface area contributed by atoms with Crippen LogP contribution in [0.3, 0.4) is 0 Å². The summed E-state index contributed by atoms with van der Waals surface area (Å²) < 4.78 is 26.4. The van der Waals surface area contributed by atoms with Gasteiger partial charge < -0.3 is 10.2 Å². The number of hydrogen-bond donors (Lipinski definition) is 1. The van der Waals surface area contributed by atoms with Crippen molar-refractivity contribution in [3.05, 3.63) is 65.2 Å². The Morgan fingerprint density at radius 3 is 2.18 bits per heavy atom. The minimum Gasteiger partial charge on any atom is -0.352 e. The third kappa shape index (κ3) is 7.60. The maximum atomic E-state index is 13.4. The van der Waals surface area contributed by atoms with E-state index in [1.54, 1.807) is 13.0 Å². The fourth-order valence-corrected chi connectivity index (χ4v) is 4.56. The van der Waals surface area contributed by atoms with E-state index >= 15 is 0 Å². The molecule has 7 nitrogen and oxygen atoms in total. The quantitative estimate of drug-likeness (QED) is 0.575. The van der Waals surface area contributed by atoms with Gasteiger partial charge in [0.15, 0.2) is 0 Å². The number of carbonyl (C=O) groups excluding carboxylic acids is 2. The van der Waals surface area contributed by atoms with E-state index in [0.717, 1.165) is 27.3 Å². The highest BCUT2D eigenvalue weighted by molar-refractivity contribution is 7.92. The molecule has 8 heteroatoms. The lowest BCUT2D eigenvalue weighted by molar-refractivity contribution is -0.139. The SMILES string of the molecule is Cc1ccc(N(CC(=O)N(CCc2ccccc2)[C@H](C)C(=O)NC(C)C)S(C)(=O)=O)c(C)c1. The molecular formula is C25H35N3O4S. The summed E-state index contributed by atoms with van der Waals surface area (Å²) in [5.41, 5.74) is 3.24. The lowest BCUT2D eigenvalue weighted by atomic mass is 10.1. The molecule has 0 saturated heterocycles. The van der Waals surface area contributed by atoms with Crippen molar-refractivity contribution in [2.45, 2.75) is 53.1 Å². The predicted octanol–water partition coefficient (Wildman–Crippen LogP) is 3.05. The average Bonchev–Trinajstić information content (AvgIpc) is 2.72. The van der Waals surface area contributed by atoms with Gasteiger partial charge in [0.05, 0.1) is 11.9 Å². The molecule has 0 heterocycles. The molecule has 0 unspecified atom stereocenters. The summed E-state index contributed by atoms with van der Waals surface area (Å²) in [5.74, 6) is -0.702. The Labute approximate surface area is 197 Å². The van der Waals surface area contributed by atoms with E-state index in [0.29, 0.717) is 18.7 Å². The Bertz CT molecular complexity index is 1070. The van der Waals surface area contributed by atoms with Crippen molar-refractivity contribution >= 4 is 27.5 Å². The molecular weight excluding hydrogens is 438 g/mol. The molecule has 0 aliphatic carbocycles. The molecule has 0 aliphatic heterocycles. The highest BCUT2D eigenvalue weighted by atomic mass is 32.2. The lowest BCUT2D eigenvalue weighted by Crippen LogP contribution is -2.53. The third-order valence-electron chi connectivity index (χ3n) is 5.38. The maximum Gasteiger partial charge on any atom is 0.244 e. The summed E-state index contributed by atoms with van der Waals surface area (Å²) in [4.78, 5) is 27.6. The Kier molecular flexibility index (Phi) is 9.05. The molecule has 1 atom stereocenters. The van der Waals surface area contributed by atoms with E-state index in [4.69, 9.17) is 0 Å². The van der Waals surface area contributed by atoms with Crippen LogP contribution < -0.4 is 9.62 Å². The number of nitrogens with zero attached hydrogens (tertiary/aromatic N) is 2. The molecule has 2 rings (SSSR count). The van der Waals surface area contributed by atoms with Crippen LogP contribution in [-0.4, -0.2) is 56.6 Å². The first-order valence-electron chi connectivity index (χ1n) is 11.1. The molecule has 0 spiro atoms. The summed E-state index contributed by atoms with van der Waals surface area (Å²) in [6.07, 6.45) is 1.64.